The Kier molecular flexibility index (Phi) is 3.83. The highest BCUT2D eigenvalue weighted by molar-refractivity contribution is 5.57. The van der Waals surface area contributed by atoms with E-state index in [2.05, 4.69) is 30.1 Å². The molecule has 0 saturated heterocycles. The Labute approximate surface area is 97.9 Å². The first-order valence-electron chi connectivity index (χ1n) is 6.25. The van der Waals surface area contributed by atoms with Crippen molar-refractivity contribution in [3.63, 3.8) is 0 Å². The largest absolute Gasteiger partial charge is 0.396 e. The number of aliphatic hydroxyl groups excluding tert-OH is 1. The highest BCUT2D eigenvalue weighted by atomic mass is 16.2. The van der Waals surface area contributed by atoms with Crippen molar-refractivity contribution in [1.29, 1.82) is 0 Å². The van der Waals surface area contributed by atoms with Gasteiger partial charge in [0.15, 0.2) is 0 Å². The predicted molar refractivity (Wildman–Crippen MR) is 68.1 cm³/mol. The van der Waals surface area contributed by atoms with Gasteiger partial charge >= 0.3 is 0 Å². The van der Waals surface area contributed by atoms with E-state index in [4.69, 9.17) is 5.11 Å². The van der Waals surface area contributed by atoms with E-state index in [0.29, 0.717) is 6.61 Å². The summed E-state index contributed by atoms with van der Waals surface area (Å²) >= 11 is 0. The number of nitrogens with zero attached hydrogens (tertiary/aromatic N) is 1. The molecule has 0 atom stereocenters. The maximum Gasteiger partial charge on any atom is 0.0434 e. The molecule has 2 rings (SSSR count). The normalized spacial score (nSPS) is 15.8. The fraction of sp³-hybridized carbons (Fsp3) is 0.571. The summed E-state index contributed by atoms with van der Waals surface area (Å²) in [4.78, 5) is 2.37. The van der Waals surface area contributed by atoms with Crippen LogP contribution in [-0.2, 0) is 12.8 Å². The molecule has 1 aliphatic rings. The van der Waals surface area contributed by atoms with Crippen LogP contribution in [0.2, 0.25) is 0 Å². The second-order valence-electron chi connectivity index (χ2n) is 4.62. The van der Waals surface area contributed by atoms with Gasteiger partial charge in [0.2, 0.25) is 0 Å². The number of rotatable bonds is 3. The van der Waals surface area contributed by atoms with E-state index in [1.54, 1.807) is 0 Å². The molecule has 16 heavy (non-hydrogen) atoms. The van der Waals surface area contributed by atoms with Gasteiger partial charge in [-0.3, -0.25) is 0 Å². The minimum atomic E-state index is 0.291. The zero-order chi connectivity index (χ0) is 11.4. The van der Waals surface area contributed by atoms with Crippen LogP contribution in [0, 0.1) is 0 Å². The third-order valence-corrected chi connectivity index (χ3v) is 3.43. The van der Waals surface area contributed by atoms with Crippen LogP contribution in [0.15, 0.2) is 18.2 Å². The lowest BCUT2D eigenvalue weighted by molar-refractivity contribution is 0.288. The van der Waals surface area contributed by atoms with Crippen LogP contribution < -0.4 is 4.90 Å². The average molecular weight is 219 g/mol. The molecule has 0 saturated carbocycles. The lowest BCUT2D eigenvalue weighted by Gasteiger charge is -2.21. The number of aryl methyl sites for hydroxylation is 1. The van der Waals surface area contributed by atoms with Crippen LogP contribution >= 0.6 is 0 Å². The van der Waals surface area contributed by atoms with Crippen LogP contribution in [0.3, 0.4) is 0 Å². The summed E-state index contributed by atoms with van der Waals surface area (Å²) in [5, 5.41) is 8.93. The standard InChI is InChI=1S/C14H21NO/c1-15-10-3-2-8-13-12(7-5-11-16)6-4-9-14(13)15/h4,6,9,16H,2-3,5,7-8,10-11H2,1H3. The topological polar surface area (TPSA) is 23.5 Å². The molecule has 0 aromatic heterocycles. The van der Waals surface area contributed by atoms with Gasteiger partial charge in [-0.25, -0.2) is 0 Å². The Morgan fingerprint density at radius 1 is 1.31 bits per heavy atom. The van der Waals surface area contributed by atoms with Gasteiger partial charge in [-0.2, -0.15) is 0 Å². The van der Waals surface area contributed by atoms with Crippen molar-refractivity contribution in [1.82, 2.24) is 0 Å². The van der Waals surface area contributed by atoms with Crippen molar-refractivity contribution in [2.75, 3.05) is 25.1 Å². The predicted octanol–water partition coefficient (Wildman–Crippen LogP) is 2.38. The molecule has 2 nitrogen and oxygen atoms in total. The number of hydrogen-bond acceptors (Lipinski definition) is 2. The molecule has 0 fully saturated rings. The summed E-state index contributed by atoms with van der Waals surface area (Å²) in [7, 11) is 2.18. The van der Waals surface area contributed by atoms with Gasteiger partial charge in [-0.15, -0.1) is 0 Å². The highest BCUT2D eigenvalue weighted by Gasteiger charge is 2.14. The summed E-state index contributed by atoms with van der Waals surface area (Å²) in [6.07, 6.45) is 5.65. The zero-order valence-corrected chi connectivity index (χ0v) is 10.1. The third-order valence-electron chi connectivity index (χ3n) is 3.43. The Bertz CT molecular complexity index is 349. The minimum absolute atomic E-state index is 0.291. The van der Waals surface area contributed by atoms with Gasteiger partial charge in [-0.05, 0) is 49.3 Å². The first-order valence-corrected chi connectivity index (χ1v) is 6.25. The quantitative estimate of drug-likeness (QED) is 0.843. The van der Waals surface area contributed by atoms with Gasteiger partial charge < -0.3 is 10.0 Å². The van der Waals surface area contributed by atoms with Crippen molar-refractivity contribution in [2.45, 2.75) is 32.1 Å². The molecule has 0 aliphatic carbocycles. The monoisotopic (exact) mass is 219 g/mol. The van der Waals surface area contributed by atoms with E-state index in [9.17, 15) is 0 Å². The third kappa shape index (κ3) is 2.38. The van der Waals surface area contributed by atoms with Gasteiger partial charge in [0.05, 0.1) is 0 Å². The SMILES string of the molecule is CN1CCCCc2c(CCCO)cccc21. The first-order chi connectivity index (χ1) is 7.83. The number of benzene rings is 1. The second-order valence-corrected chi connectivity index (χ2v) is 4.62. The van der Waals surface area contributed by atoms with Crippen molar-refractivity contribution in [3.05, 3.63) is 29.3 Å². The van der Waals surface area contributed by atoms with E-state index >= 15 is 0 Å². The molecule has 1 N–H and O–H groups in total. The van der Waals surface area contributed by atoms with Crippen LogP contribution in [0.4, 0.5) is 5.69 Å². The molecule has 2 heteroatoms. The van der Waals surface area contributed by atoms with Gasteiger partial charge in [0.1, 0.15) is 0 Å². The van der Waals surface area contributed by atoms with E-state index in [0.717, 1.165) is 19.4 Å². The molecule has 1 heterocycles. The second kappa shape index (κ2) is 5.35. The van der Waals surface area contributed by atoms with Gasteiger partial charge in [0.25, 0.3) is 0 Å². The van der Waals surface area contributed by atoms with Gasteiger partial charge in [0, 0.05) is 25.9 Å². The van der Waals surface area contributed by atoms with E-state index in [1.165, 1.54) is 36.1 Å². The number of aliphatic hydroxyl groups is 1. The molecule has 1 aromatic carbocycles. The molecule has 0 amide bonds. The minimum Gasteiger partial charge on any atom is -0.396 e. The van der Waals surface area contributed by atoms with Crippen molar-refractivity contribution < 1.29 is 5.11 Å². The maximum atomic E-state index is 8.93. The molecule has 0 radical (unpaired) electrons. The molecule has 0 spiro atoms. The van der Waals surface area contributed by atoms with Crippen LogP contribution in [-0.4, -0.2) is 25.3 Å². The molecule has 0 unspecified atom stereocenters. The number of fused-ring (bicyclic) bond motifs is 1. The van der Waals surface area contributed by atoms with Crippen LogP contribution in [0.1, 0.15) is 30.4 Å². The molecule has 1 aromatic rings. The Morgan fingerprint density at radius 2 is 2.19 bits per heavy atom. The molecule has 0 bridgehead atoms. The number of anilines is 1. The Hall–Kier alpha value is -1.02. The molecular weight excluding hydrogens is 198 g/mol. The Morgan fingerprint density at radius 3 is 3.00 bits per heavy atom. The summed E-state index contributed by atoms with van der Waals surface area (Å²) in [6.45, 7) is 1.45. The van der Waals surface area contributed by atoms with Gasteiger partial charge in [-0.1, -0.05) is 12.1 Å². The number of hydrogen-bond donors (Lipinski definition) is 1. The average Bonchev–Trinajstić information content (AvgIpc) is 2.49. The summed E-state index contributed by atoms with van der Waals surface area (Å²) in [5.74, 6) is 0. The highest BCUT2D eigenvalue weighted by Crippen LogP contribution is 2.28. The maximum absolute atomic E-state index is 8.93. The van der Waals surface area contributed by atoms with Crippen molar-refractivity contribution in [3.8, 4) is 0 Å². The lowest BCUT2D eigenvalue weighted by Crippen LogP contribution is -2.18. The zero-order valence-electron chi connectivity index (χ0n) is 10.1. The first kappa shape index (κ1) is 11.5. The van der Waals surface area contributed by atoms with Crippen LogP contribution in [0.25, 0.3) is 0 Å². The smallest absolute Gasteiger partial charge is 0.0434 e. The van der Waals surface area contributed by atoms with E-state index in [1.807, 2.05) is 0 Å². The lowest BCUT2D eigenvalue weighted by atomic mass is 9.97. The van der Waals surface area contributed by atoms with Crippen LogP contribution in [0.5, 0.6) is 0 Å². The fourth-order valence-electron chi connectivity index (χ4n) is 2.54. The van der Waals surface area contributed by atoms with E-state index < -0.39 is 0 Å². The molecule has 1 aliphatic heterocycles. The molecular formula is C14H21NO. The molecule has 88 valence electrons. The summed E-state index contributed by atoms with van der Waals surface area (Å²) in [5.41, 5.74) is 4.34. The van der Waals surface area contributed by atoms with Crippen molar-refractivity contribution in [2.24, 2.45) is 0 Å². The summed E-state index contributed by atoms with van der Waals surface area (Å²) < 4.78 is 0. The fourth-order valence-corrected chi connectivity index (χ4v) is 2.54. The van der Waals surface area contributed by atoms with E-state index in [-0.39, 0.29) is 0 Å². The summed E-state index contributed by atoms with van der Waals surface area (Å²) in [6, 6.07) is 6.59. The van der Waals surface area contributed by atoms with Crippen molar-refractivity contribution >= 4 is 5.69 Å². The Balaban J connectivity index is 2.29.